The minimum Gasteiger partial charge on any atom is -0.378 e. The smallest absolute Gasteiger partial charge is 0.112 e. The molecule has 1 aliphatic rings. The van der Waals surface area contributed by atoms with Gasteiger partial charge < -0.3 is 15.6 Å². The zero-order valence-corrected chi connectivity index (χ0v) is 19.8. The van der Waals surface area contributed by atoms with Crippen molar-refractivity contribution in [1.29, 1.82) is 0 Å². The molecule has 0 amide bonds. The van der Waals surface area contributed by atoms with E-state index >= 15 is 0 Å². The Morgan fingerprint density at radius 2 is 2.03 bits per heavy atom. The van der Waals surface area contributed by atoms with Gasteiger partial charge in [-0.05, 0) is 55.6 Å². The van der Waals surface area contributed by atoms with Crippen LogP contribution in [0.3, 0.4) is 0 Å². The second-order valence-corrected chi connectivity index (χ2v) is 9.90. The summed E-state index contributed by atoms with van der Waals surface area (Å²) in [6.07, 6.45) is 8.19. The van der Waals surface area contributed by atoms with E-state index in [0.717, 1.165) is 48.1 Å². The van der Waals surface area contributed by atoms with E-state index in [2.05, 4.69) is 73.4 Å². The van der Waals surface area contributed by atoms with Crippen molar-refractivity contribution in [3.8, 4) is 16.1 Å². The third-order valence-electron chi connectivity index (χ3n) is 5.99. The lowest BCUT2D eigenvalue weighted by molar-refractivity contribution is 0.201. The fourth-order valence-corrected chi connectivity index (χ4v) is 5.24. The number of likely N-dealkylation sites (tertiary alicyclic amines) is 1. The Bertz CT molecular complexity index is 1200. The number of hydrogen-bond donors (Lipinski definition) is 2. The maximum atomic E-state index is 6.22. The first kappa shape index (κ1) is 21.8. The molecule has 3 heterocycles. The Balaban J connectivity index is 1.35. The van der Waals surface area contributed by atoms with Gasteiger partial charge in [-0.25, -0.2) is 9.97 Å². The van der Waals surface area contributed by atoms with Crippen molar-refractivity contribution in [2.24, 2.45) is 5.73 Å². The highest BCUT2D eigenvalue weighted by Crippen LogP contribution is 2.27. The standard InChI is InChI=1S/C26H30N6S/c1-19-15-32(18-30-19)24-11-20(16-31-9-5-8-22(27)17-31)10-23(12-24)28-14-26-29-13-25(33-26)21-6-3-2-4-7-21/h2-4,6-7,10-13,15,18,22,28H,5,8-9,14,16-17,27H2,1H3. The van der Waals surface area contributed by atoms with E-state index < -0.39 is 0 Å². The number of thiazole rings is 1. The van der Waals surface area contributed by atoms with E-state index in [0.29, 0.717) is 6.54 Å². The number of benzene rings is 2. The Labute approximate surface area is 199 Å². The number of aryl methyl sites for hydroxylation is 1. The normalized spacial score (nSPS) is 16.7. The topological polar surface area (TPSA) is 72.0 Å². The SMILES string of the molecule is Cc1cn(-c2cc(CN3CCCC(N)C3)cc(NCc3ncc(-c4ccccc4)s3)c2)cn1. The second-order valence-electron chi connectivity index (χ2n) is 8.79. The Kier molecular flexibility index (Phi) is 6.53. The van der Waals surface area contributed by atoms with Gasteiger partial charge >= 0.3 is 0 Å². The molecule has 1 fully saturated rings. The average Bonchev–Trinajstić information content (AvgIpc) is 3.47. The number of rotatable bonds is 7. The summed E-state index contributed by atoms with van der Waals surface area (Å²) in [4.78, 5) is 12.7. The molecular weight excluding hydrogens is 428 g/mol. The van der Waals surface area contributed by atoms with Crippen molar-refractivity contribution in [3.05, 3.63) is 83.5 Å². The molecule has 0 spiro atoms. The highest BCUT2D eigenvalue weighted by atomic mass is 32.1. The molecule has 6 nitrogen and oxygen atoms in total. The quantitative estimate of drug-likeness (QED) is 0.415. The molecule has 0 radical (unpaired) electrons. The van der Waals surface area contributed by atoms with Crippen LogP contribution < -0.4 is 11.1 Å². The largest absolute Gasteiger partial charge is 0.378 e. The summed E-state index contributed by atoms with van der Waals surface area (Å²) >= 11 is 1.73. The lowest BCUT2D eigenvalue weighted by Crippen LogP contribution is -2.42. The molecule has 1 atom stereocenters. The fourth-order valence-electron chi connectivity index (χ4n) is 4.38. The average molecular weight is 459 g/mol. The molecule has 170 valence electrons. The van der Waals surface area contributed by atoms with Crippen LogP contribution in [0.5, 0.6) is 0 Å². The molecule has 1 unspecified atom stereocenters. The summed E-state index contributed by atoms with van der Waals surface area (Å²) in [6, 6.07) is 17.4. The lowest BCUT2D eigenvalue weighted by atomic mass is 10.1. The van der Waals surface area contributed by atoms with Crippen LogP contribution in [-0.4, -0.2) is 38.6 Å². The molecule has 3 N–H and O–H groups in total. The van der Waals surface area contributed by atoms with Gasteiger partial charge in [0.05, 0.1) is 23.4 Å². The number of nitrogens with one attached hydrogen (secondary N) is 1. The van der Waals surface area contributed by atoms with Crippen LogP contribution in [0.1, 0.15) is 29.1 Å². The van der Waals surface area contributed by atoms with Crippen LogP contribution in [0.4, 0.5) is 5.69 Å². The molecule has 33 heavy (non-hydrogen) atoms. The number of aromatic nitrogens is 3. The van der Waals surface area contributed by atoms with Gasteiger partial charge in [0.1, 0.15) is 5.01 Å². The molecule has 1 aliphatic heterocycles. The van der Waals surface area contributed by atoms with E-state index in [9.17, 15) is 0 Å². The molecule has 0 aliphatic carbocycles. The predicted molar refractivity (Wildman–Crippen MR) is 136 cm³/mol. The van der Waals surface area contributed by atoms with Crippen molar-refractivity contribution < 1.29 is 0 Å². The number of imidazole rings is 1. The summed E-state index contributed by atoms with van der Waals surface area (Å²) in [7, 11) is 0. The molecule has 5 rings (SSSR count). The van der Waals surface area contributed by atoms with Gasteiger partial charge in [-0.1, -0.05) is 30.3 Å². The number of hydrogen-bond acceptors (Lipinski definition) is 6. The first-order chi connectivity index (χ1) is 16.1. The molecule has 2 aromatic heterocycles. The highest BCUT2D eigenvalue weighted by Gasteiger charge is 2.17. The van der Waals surface area contributed by atoms with Gasteiger partial charge in [0, 0.05) is 42.9 Å². The third-order valence-corrected chi connectivity index (χ3v) is 7.04. The van der Waals surface area contributed by atoms with E-state index in [4.69, 9.17) is 5.73 Å². The zero-order chi connectivity index (χ0) is 22.6. The number of nitrogens with zero attached hydrogens (tertiary/aromatic N) is 4. The monoisotopic (exact) mass is 458 g/mol. The summed E-state index contributed by atoms with van der Waals surface area (Å²) < 4.78 is 2.09. The van der Waals surface area contributed by atoms with Crippen molar-refractivity contribution in [3.63, 3.8) is 0 Å². The van der Waals surface area contributed by atoms with Crippen molar-refractivity contribution >= 4 is 17.0 Å². The summed E-state index contributed by atoms with van der Waals surface area (Å²) in [5, 5.41) is 4.67. The number of piperidine rings is 1. The van der Waals surface area contributed by atoms with E-state index in [1.165, 1.54) is 22.4 Å². The van der Waals surface area contributed by atoms with E-state index in [-0.39, 0.29) is 6.04 Å². The number of anilines is 1. The molecular formula is C26H30N6S. The minimum atomic E-state index is 0.277. The Hall–Kier alpha value is -3.00. The first-order valence-corrected chi connectivity index (χ1v) is 12.3. The van der Waals surface area contributed by atoms with Crippen LogP contribution in [0.25, 0.3) is 16.1 Å². The number of nitrogens with two attached hydrogens (primary N) is 1. The lowest BCUT2D eigenvalue weighted by Gasteiger charge is -2.30. The summed E-state index contributed by atoms with van der Waals surface area (Å²) in [5.74, 6) is 0. The molecule has 2 aromatic carbocycles. The van der Waals surface area contributed by atoms with Gasteiger partial charge in [0.25, 0.3) is 0 Å². The molecule has 4 aromatic rings. The van der Waals surface area contributed by atoms with Gasteiger partial charge in [-0.15, -0.1) is 11.3 Å². The first-order valence-electron chi connectivity index (χ1n) is 11.5. The fraction of sp³-hybridized carbons (Fsp3) is 0.308. The van der Waals surface area contributed by atoms with Crippen LogP contribution in [0, 0.1) is 6.92 Å². The highest BCUT2D eigenvalue weighted by molar-refractivity contribution is 7.15. The van der Waals surface area contributed by atoms with Gasteiger partial charge in [0.15, 0.2) is 0 Å². The van der Waals surface area contributed by atoms with Gasteiger partial charge in [0.2, 0.25) is 0 Å². The molecule has 0 bridgehead atoms. The summed E-state index contributed by atoms with van der Waals surface area (Å²) in [6.45, 7) is 5.67. The zero-order valence-electron chi connectivity index (χ0n) is 18.9. The molecule has 1 saturated heterocycles. The van der Waals surface area contributed by atoms with Crippen LogP contribution in [0.15, 0.2) is 67.3 Å². The van der Waals surface area contributed by atoms with E-state index in [1.54, 1.807) is 11.3 Å². The van der Waals surface area contributed by atoms with Crippen molar-refractivity contribution in [2.45, 2.75) is 38.9 Å². The Morgan fingerprint density at radius 3 is 2.82 bits per heavy atom. The predicted octanol–water partition coefficient (Wildman–Crippen LogP) is 4.84. The van der Waals surface area contributed by atoms with Crippen LogP contribution >= 0.6 is 11.3 Å². The van der Waals surface area contributed by atoms with Crippen LogP contribution in [-0.2, 0) is 13.1 Å². The van der Waals surface area contributed by atoms with Gasteiger partial charge in [-0.2, -0.15) is 0 Å². The van der Waals surface area contributed by atoms with Crippen molar-refractivity contribution in [1.82, 2.24) is 19.4 Å². The molecule has 7 heteroatoms. The second kappa shape index (κ2) is 9.87. The molecule has 0 saturated carbocycles. The Morgan fingerprint density at radius 1 is 1.15 bits per heavy atom. The minimum absolute atomic E-state index is 0.277. The van der Waals surface area contributed by atoms with E-state index in [1.807, 2.05) is 25.5 Å². The maximum absolute atomic E-state index is 6.22. The third kappa shape index (κ3) is 5.50. The van der Waals surface area contributed by atoms with Crippen LogP contribution in [0.2, 0.25) is 0 Å². The van der Waals surface area contributed by atoms with Gasteiger partial charge in [-0.3, -0.25) is 4.90 Å². The maximum Gasteiger partial charge on any atom is 0.112 e. The summed E-state index contributed by atoms with van der Waals surface area (Å²) in [5.41, 5.74) is 11.9. The van der Waals surface area contributed by atoms with Crippen molar-refractivity contribution in [2.75, 3.05) is 18.4 Å².